The monoisotopic (exact) mass is 239 g/mol. The highest BCUT2D eigenvalue weighted by molar-refractivity contribution is 5.89. The van der Waals surface area contributed by atoms with E-state index in [-0.39, 0.29) is 12.3 Å². The Hall–Kier alpha value is -1.58. The first-order chi connectivity index (χ1) is 7.85. The molecule has 0 heterocycles. The molecule has 0 unspecified atom stereocenters. The topological polar surface area (TPSA) is 55.4 Å². The van der Waals surface area contributed by atoms with Crippen molar-refractivity contribution in [3.63, 3.8) is 0 Å². The number of carbonyl (C=O) groups is 2. The molecule has 0 rings (SSSR count). The number of nitrogens with one attached hydrogen (secondary N) is 1. The summed E-state index contributed by atoms with van der Waals surface area (Å²) in [5, 5.41) is 2.53. The van der Waals surface area contributed by atoms with Crippen molar-refractivity contribution in [1.29, 1.82) is 0 Å². The third-order valence-corrected chi connectivity index (χ3v) is 1.66. The molecule has 4 heteroatoms. The van der Waals surface area contributed by atoms with Crippen LogP contribution in [-0.4, -0.2) is 24.0 Å². The van der Waals surface area contributed by atoms with E-state index in [0.717, 1.165) is 0 Å². The zero-order valence-electron chi connectivity index (χ0n) is 10.8. The number of alkyl carbamates (subject to hydrolysis) is 1. The molecule has 17 heavy (non-hydrogen) atoms. The van der Waals surface area contributed by atoms with Gasteiger partial charge in [0.1, 0.15) is 5.60 Å². The van der Waals surface area contributed by atoms with Gasteiger partial charge in [-0.25, -0.2) is 4.79 Å². The molecule has 0 spiro atoms. The van der Waals surface area contributed by atoms with E-state index in [2.05, 4.69) is 11.9 Å². The second-order valence-corrected chi connectivity index (χ2v) is 4.58. The zero-order valence-corrected chi connectivity index (χ0v) is 10.8. The maximum Gasteiger partial charge on any atom is 0.407 e. The summed E-state index contributed by atoms with van der Waals surface area (Å²) in [6.45, 7) is 9.20. The van der Waals surface area contributed by atoms with Gasteiger partial charge in [0.25, 0.3) is 0 Å². The van der Waals surface area contributed by atoms with Crippen molar-refractivity contribution in [3.8, 4) is 0 Å². The molecule has 0 aliphatic heterocycles. The van der Waals surface area contributed by atoms with Crippen molar-refractivity contribution in [3.05, 3.63) is 24.8 Å². The van der Waals surface area contributed by atoms with Crippen molar-refractivity contribution in [2.45, 2.75) is 39.2 Å². The second kappa shape index (κ2) is 7.65. The molecular formula is C13H21NO3. The summed E-state index contributed by atoms with van der Waals surface area (Å²) in [5.74, 6) is 0.0240. The largest absolute Gasteiger partial charge is 0.444 e. The second-order valence-electron chi connectivity index (χ2n) is 4.58. The molecule has 1 amide bonds. The van der Waals surface area contributed by atoms with Gasteiger partial charge in [0.15, 0.2) is 5.78 Å². The van der Waals surface area contributed by atoms with Crippen LogP contribution in [0.4, 0.5) is 4.79 Å². The number of ether oxygens (including phenoxy) is 1. The Kier molecular flexibility index (Phi) is 6.94. The van der Waals surface area contributed by atoms with E-state index in [1.54, 1.807) is 32.9 Å². The number of carbonyl (C=O) groups excluding carboxylic acids is 2. The fraction of sp³-hybridized carbons (Fsp3) is 0.538. The molecule has 0 saturated carbocycles. The average molecular weight is 239 g/mol. The third kappa shape index (κ3) is 10.7. The zero-order chi connectivity index (χ0) is 13.3. The molecule has 0 aliphatic rings. The van der Waals surface area contributed by atoms with Gasteiger partial charge in [-0.2, -0.15) is 0 Å². The van der Waals surface area contributed by atoms with Crippen LogP contribution in [0.15, 0.2) is 24.8 Å². The van der Waals surface area contributed by atoms with E-state index < -0.39 is 11.7 Å². The standard InChI is InChI=1S/C13H21NO3/c1-5-6-8-11(15)9-7-10-14-12(16)17-13(2,3)4/h5,7,9H,1,6,8,10H2,2-4H3,(H,14,16)/b9-7+. The van der Waals surface area contributed by atoms with Crippen molar-refractivity contribution < 1.29 is 14.3 Å². The Labute approximate surface area is 103 Å². The van der Waals surface area contributed by atoms with Crippen LogP contribution >= 0.6 is 0 Å². The van der Waals surface area contributed by atoms with Crippen LogP contribution in [0.3, 0.4) is 0 Å². The lowest BCUT2D eigenvalue weighted by Gasteiger charge is -2.19. The molecule has 0 aromatic carbocycles. The quantitative estimate of drug-likeness (QED) is 0.572. The molecule has 0 aliphatic carbocycles. The minimum Gasteiger partial charge on any atom is -0.444 e. The van der Waals surface area contributed by atoms with E-state index >= 15 is 0 Å². The number of hydrogen-bond donors (Lipinski definition) is 1. The summed E-state index contributed by atoms with van der Waals surface area (Å²) in [7, 11) is 0. The van der Waals surface area contributed by atoms with Gasteiger partial charge in [-0.05, 0) is 33.3 Å². The molecule has 0 fully saturated rings. The van der Waals surface area contributed by atoms with Gasteiger partial charge in [0, 0.05) is 13.0 Å². The predicted octanol–water partition coefficient (Wildman–Crippen LogP) is 2.60. The van der Waals surface area contributed by atoms with E-state index in [0.29, 0.717) is 12.8 Å². The molecular weight excluding hydrogens is 218 g/mol. The van der Waals surface area contributed by atoms with E-state index in [1.165, 1.54) is 6.08 Å². The molecule has 0 aromatic rings. The predicted molar refractivity (Wildman–Crippen MR) is 67.8 cm³/mol. The van der Waals surface area contributed by atoms with Crippen LogP contribution in [0, 0.1) is 0 Å². The maximum absolute atomic E-state index is 11.2. The van der Waals surface area contributed by atoms with Gasteiger partial charge in [0.05, 0.1) is 0 Å². The van der Waals surface area contributed by atoms with Crippen LogP contribution in [0.2, 0.25) is 0 Å². The van der Waals surface area contributed by atoms with Crippen LogP contribution in [-0.2, 0) is 9.53 Å². The van der Waals surface area contributed by atoms with Gasteiger partial charge in [0.2, 0.25) is 0 Å². The lowest BCUT2D eigenvalue weighted by atomic mass is 10.2. The van der Waals surface area contributed by atoms with Gasteiger partial charge >= 0.3 is 6.09 Å². The van der Waals surface area contributed by atoms with Crippen molar-refractivity contribution in [1.82, 2.24) is 5.32 Å². The van der Waals surface area contributed by atoms with Crippen molar-refractivity contribution >= 4 is 11.9 Å². The molecule has 4 nitrogen and oxygen atoms in total. The van der Waals surface area contributed by atoms with Gasteiger partial charge in [-0.1, -0.05) is 12.2 Å². The molecule has 1 N–H and O–H groups in total. The molecule has 0 bridgehead atoms. The Balaban J connectivity index is 3.76. The first-order valence-electron chi connectivity index (χ1n) is 5.62. The molecule has 0 saturated heterocycles. The summed E-state index contributed by atoms with van der Waals surface area (Å²) < 4.78 is 5.03. The summed E-state index contributed by atoms with van der Waals surface area (Å²) in [6, 6.07) is 0. The molecule has 0 aromatic heterocycles. The average Bonchev–Trinajstić information content (AvgIpc) is 2.19. The number of ketones is 1. The van der Waals surface area contributed by atoms with E-state index in [4.69, 9.17) is 4.74 Å². The smallest absolute Gasteiger partial charge is 0.407 e. The Morgan fingerprint density at radius 2 is 2.00 bits per heavy atom. The number of amides is 1. The normalized spacial score (nSPS) is 11.2. The minimum atomic E-state index is -0.506. The fourth-order valence-corrected chi connectivity index (χ4v) is 0.974. The lowest BCUT2D eigenvalue weighted by molar-refractivity contribution is -0.114. The van der Waals surface area contributed by atoms with E-state index in [1.807, 2.05) is 0 Å². The Morgan fingerprint density at radius 3 is 2.53 bits per heavy atom. The van der Waals surface area contributed by atoms with Crippen LogP contribution in [0.25, 0.3) is 0 Å². The van der Waals surface area contributed by atoms with Crippen LogP contribution in [0.5, 0.6) is 0 Å². The summed E-state index contributed by atoms with van der Waals surface area (Å²) in [4.78, 5) is 22.4. The highest BCUT2D eigenvalue weighted by Crippen LogP contribution is 2.06. The first kappa shape index (κ1) is 15.4. The van der Waals surface area contributed by atoms with Gasteiger partial charge in [-0.3, -0.25) is 4.79 Å². The highest BCUT2D eigenvalue weighted by Gasteiger charge is 2.14. The van der Waals surface area contributed by atoms with Crippen molar-refractivity contribution in [2.24, 2.45) is 0 Å². The number of allylic oxidation sites excluding steroid dienone is 2. The third-order valence-electron chi connectivity index (χ3n) is 1.66. The SMILES string of the molecule is C=CCCC(=O)/C=C/CNC(=O)OC(C)(C)C. The van der Waals surface area contributed by atoms with Gasteiger partial charge in [-0.15, -0.1) is 6.58 Å². The van der Waals surface area contributed by atoms with Crippen LogP contribution in [0.1, 0.15) is 33.6 Å². The van der Waals surface area contributed by atoms with Crippen LogP contribution < -0.4 is 5.32 Å². The number of hydrogen-bond acceptors (Lipinski definition) is 3. The first-order valence-corrected chi connectivity index (χ1v) is 5.62. The lowest BCUT2D eigenvalue weighted by Crippen LogP contribution is -2.32. The maximum atomic E-state index is 11.2. The molecule has 96 valence electrons. The summed E-state index contributed by atoms with van der Waals surface area (Å²) in [6.07, 6.45) is 5.40. The molecule has 0 radical (unpaired) electrons. The van der Waals surface area contributed by atoms with Crippen molar-refractivity contribution in [2.75, 3.05) is 6.54 Å². The molecule has 0 atom stereocenters. The summed E-state index contributed by atoms with van der Waals surface area (Å²) in [5.41, 5.74) is -0.506. The van der Waals surface area contributed by atoms with E-state index in [9.17, 15) is 9.59 Å². The minimum absolute atomic E-state index is 0.0240. The highest BCUT2D eigenvalue weighted by atomic mass is 16.6. The van der Waals surface area contributed by atoms with Gasteiger partial charge < -0.3 is 10.1 Å². The number of rotatable bonds is 6. The Morgan fingerprint density at radius 1 is 1.35 bits per heavy atom. The Bertz CT molecular complexity index is 300. The summed E-state index contributed by atoms with van der Waals surface area (Å²) >= 11 is 0. The fourth-order valence-electron chi connectivity index (χ4n) is 0.974.